The van der Waals surface area contributed by atoms with Gasteiger partial charge in [0.2, 0.25) is 0 Å². The Kier molecular flexibility index (Phi) is 4.45. The molecule has 0 amide bonds. The Morgan fingerprint density at radius 2 is 1.79 bits per heavy atom. The summed E-state index contributed by atoms with van der Waals surface area (Å²) in [7, 11) is 0. The van der Waals surface area contributed by atoms with E-state index in [4.69, 9.17) is 5.73 Å². The predicted molar refractivity (Wildman–Crippen MR) is 83.9 cm³/mol. The molecule has 2 nitrogen and oxygen atoms in total. The molecule has 0 spiro atoms. The lowest BCUT2D eigenvalue weighted by Gasteiger charge is -2.11. The number of nitrogens with one attached hydrogen (secondary N) is 1. The fraction of sp³-hybridized carbons (Fsp3) is 0.294. The highest BCUT2D eigenvalue weighted by Crippen LogP contribution is 2.24. The fourth-order valence-corrected chi connectivity index (χ4v) is 2.07. The van der Waals surface area contributed by atoms with Crippen LogP contribution < -0.4 is 11.1 Å². The van der Waals surface area contributed by atoms with E-state index in [-0.39, 0.29) is 0 Å². The fourth-order valence-electron chi connectivity index (χ4n) is 2.07. The van der Waals surface area contributed by atoms with Crippen molar-refractivity contribution in [2.75, 3.05) is 11.1 Å². The number of hydrogen-bond acceptors (Lipinski definition) is 2. The highest BCUT2D eigenvalue weighted by molar-refractivity contribution is 5.73. The lowest BCUT2D eigenvalue weighted by molar-refractivity contribution is 0.795. The SMILES string of the molecule is CCCCc1ccc(Nc2cc(C)ccc2N)cc1. The molecule has 0 aliphatic heterocycles. The number of benzene rings is 2. The Bertz CT molecular complexity index is 529. The molecule has 0 saturated carbocycles. The Morgan fingerprint density at radius 1 is 1.05 bits per heavy atom. The van der Waals surface area contributed by atoms with Gasteiger partial charge in [-0.15, -0.1) is 0 Å². The van der Waals surface area contributed by atoms with Gasteiger partial charge in [0.15, 0.2) is 0 Å². The van der Waals surface area contributed by atoms with Gasteiger partial charge in [0.05, 0.1) is 11.4 Å². The minimum absolute atomic E-state index is 0.778. The van der Waals surface area contributed by atoms with E-state index in [1.807, 2.05) is 12.1 Å². The first kappa shape index (κ1) is 13.5. The molecule has 2 heteroatoms. The summed E-state index contributed by atoms with van der Waals surface area (Å²) in [5, 5.41) is 3.37. The molecule has 2 aromatic rings. The molecule has 0 aromatic heterocycles. The molecule has 0 aliphatic rings. The van der Waals surface area contributed by atoms with Crippen LogP contribution in [0.2, 0.25) is 0 Å². The molecular weight excluding hydrogens is 232 g/mol. The van der Waals surface area contributed by atoms with Crippen molar-refractivity contribution < 1.29 is 0 Å². The smallest absolute Gasteiger partial charge is 0.0620 e. The molecule has 3 N–H and O–H groups in total. The van der Waals surface area contributed by atoms with E-state index in [1.165, 1.54) is 24.0 Å². The van der Waals surface area contributed by atoms with Gasteiger partial charge in [-0.25, -0.2) is 0 Å². The van der Waals surface area contributed by atoms with Crippen molar-refractivity contribution in [2.45, 2.75) is 33.1 Å². The first-order valence-electron chi connectivity index (χ1n) is 6.91. The van der Waals surface area contributed by atoms with Crippen LogP contribution in [0.4, 0.5) is 17.1 Å². The van der Waals surface area contributed by atoms with Gasteiger partial charge in [-0.1, -0.05) is 31.5 Å². The molecule has 100 valence electrons. The number of nitrogen functional groups attached to an aromatic ring is 1. The van der Waals surface area contributed by atoms with Crippen LogP contribution >= 0.6 is 0 Å². The Balaban J connectivity index is 2.08. The zero-order valence-corrected chi connectivity index (χ0v) is 11.7. The zero-order chi connectivity index (χ0) is 13.7. The van der Waals surface area contributed by atoms with Crippen molar-refractivity contribution in [2.24, 2.45) is 0 Å². The highest BCUT2D eigenvalue weighted by atomic mass is 14.9. The van der Waals surface area contributed by atoms with Gasteiger partial charge < -0.3 is 11.1 Å². The van der Waals surface area contributed by atoms with Gasteiger partial charge in [0.1, 0.15) is 0 Å². The lowest BCUT2D eigenvalue weighted by atomic mass is 10.1. The number of nitrogens with two attached hydrogens (primary N) is 1. The molecule has 0 heterocycles. The number of anilines is 3. The maximum atomic E-state index is 5.97. The van der Waals surface area contributed by atoms with E-state index in [0.29, 0.717) is 0 Å². The molecule has 0 radical (unpaired) electrons. The van der Waals surface area contributed by atoms with Crippen molar-refractivity contribution in [3.05, 3.63) is 53.6 Å². The minimum atomic E-state index is 0.778. The lowest BCUT2D eigenvalue weighted by Crippen LogP contribution is -1.97. The van der Waals surface area contributed by atoms with Crippen LogP contribution in [-0.4, -0.2) is 0 Å². The van der Waals surface area contributed by atoms with Crippen LogP contribution in [0.5, 0.6) is 0 Å². The standard InChI is InChI=1S/C17H22N2/c1-3-4-5-14-7-9-15(10-8-14)19-17-12-13(2)6-11-16(17)18/h6-12,19H,3-5,18H2,1-2H3. The summed E-state index contributed by atoms with van der Waals surface area (Å²) < 4.78 is 0. The van der Waals surface area contributed by atoms with Crippen LogP contribution in [0.15, 0.2) is 42.5 Å². The number of aryl methyl sites for hydroxylation is 2. The third kappa shape index (κ3) is 3.75. The van der Waals surface area contributed by atoms with Gasteiger partial charge in [0, 0.05) is 5.69 Å². The summed E-state index contributed by atoms with van der Waals surface area (Å²) in [5.41, 5.74) is 11.4. The summed E-state index contributed by atoms with van der Waals surface area (Å²) in [5.74, 6) is 0. The van der Waals surface area contributed by atoms with Crippen LogP contribution in [0.3, 0.4) is 0 Å². The van der Waals surface area contributed by atoms with Gasteiger partial charge >= 0.3 is 0 Å². The van der Waals surface area contributed by atoms with E-state index in [2.05, 4.69) is 49.5 Å². The summed E-state index contributed by atoms with van der Waals surface area (Å²) in [4.78, 5) is 0. The Labute approximate surface area is 115 Å². The summed E-state index contributed by atoms with van der Waals surface area (Å²) >= 11 is 0. The molecule has 19 heavy (non-hydrogen) atoms. The van der Waals surface area contributed by atoms with E-state index in [0.717, 1.165) is 23.5 Å². The van der Waals surface area contributed by atoms with Gasteiger partial charge in [-0.2, -0.15) is 0 Å². The second-order valence-corrected chi connectivity index (χ2v) is 5.02. The van der Waals surface area contributed by atoms with Gasteiger partial charge in [0.25, 0.3) is 0 Å². The largest absolute Gasteiger partial charge is 0.397 e. The summed E-state index contributed by atoms with van der Waals surface area (Å²) in [6.07, 6.45) is 3.64. The molecule has 0 atom stereocenters. The minimum Gasteiger partial charge on any atom is -0.397 e. The number of unbranched alkanes of at least 4 members (excludes halogenated alkanes) is 1. The summed E-state index contributed by atoms with van der Waals surface area (Å²) in [6, 6.07) is 14.6. The van der Waals surface area contributed by atoms with Gasteiger partial charge in [-0.05, 0) is 55.2 Å². The average Bonchev–Trinajstić information content (AvgIpc) is 2.42. The van der Waals surface area contributed by atoms with Crippen LogP contribution in [-0.2, 0) is 6.42 Å². The Morgan fingerprint density at radius 3 is 2.47 bits per heavy atom. The van der Waals surface area contributed by atoms with Crippen LogP contribution in [0.1, 0.15) is 30.9 Å². The van der Waals surface area contributed by atoms with Crippen molar-refractivity contribution >= 4 is 17.1 Å². The molecule has 0 saturated heterocycles. The topological polar surface area (TPSA) is 38.0 Å². The number of hydrogen-bond donors (Lipinski definition) is 2. The molecule has 2 aromatic carbocycles. The van der Waals surface area contributed by atoms with E-state index in [9.17, 15) is 0 Å². The molecule has 0 unspecified atom stereocenters. The van der Waals surface area contributed by atoms with Crippen molar-refractivity contribution in [1.82, 2.24) is 0 Å². The number of rotatable bonds is 5. The van der Waals surface area contributed by atoms with Crippen LogP contribution in [0, 0.1) is 6.92 Å². The van der Waals surface area contributed by atoms with E-state index < -0.39 is 0 Å². The van der Waals surface area contributed by atoms with Gasteiger partial charge in [-0.3, -0.25) is 0 Å². The van der Waals surface area contributed by atoms with Crippen LogP contribution in [0.25, 0.3) is 0 Å². The highest BCUT2D eigenvalue weighted by Gasteiger charge is 2.00. The van der Waals surface area contributed by atoms with E-state index >= 15 is 0 Å². The summed E-state index contributed by atoms with van der Waals surface area (Å²) in [6.45, 7) is 4.29. The third-order valence-electron chi connectivity index (χ3n) is 3.26. The van der Waals surface area contributed by atoms with E-state index in [1.54, 1.807) is 0 Å². The first-order chi connectivity index (χ1) is 9.19. The monoisotopic (exact) mass is 254 g/mol. The first-order valence-corrected chi connectivity index (χ1v) is 6.91. The van der Waals surface area contributed by atoms with Crippen molar-refractivity contribution in [3.63, 3.8) is 0 Å². The molecule has 2 rings (SSSR count). The maximum absolute atomic E-state index is 5.97. The van der Waals surface area contributed by atoms with Crippen molar-refractivity contribution in [1.29, 1.82) is 0 Å². The van der Waals surface area contributed by atoms with Crippen molar-refractivity contribution in [3.8, 4) is 0 Å². The molecular formula is C17H22N2. The molecule has 0 bridgehead atoms. The zero-order valence-electron chi connectivity index (χ0n) is 11.7. The second kappa shape index (κ2) is 6.28. The predicted octanol–water partition coefficient (Wildman–Crippen LogP) is 4.66. The second-order valence-electron chi connectivity index (χ2n) is 5.02. The molecule has 0 fully saturated rings. The third-order valence-corrected chi connectivity index (χ3v) is 3.26. The Hall–Kier alpha value is -1.96. The average molecular weight is 254 g/mol. The maximum Gasteiger partial charge on any atom is 0.0620 e. The normalized spacial score (nSPS) is 10.4. The quantitative estimate of drug-likeness (QED) is 0.761. The molecule has 0 aliphatic carbocycles.